The van der Waals surface area contributed by atoms with Crippen molar-refractivity contribution in [2.75, 3.05) is 6.61 Å². The van der Waals surface area contributed by atoms with E-state index in [1.54, 1.807) is 32.0 Å². The van der Waals surface area contributed by atoms with Crippen molar-refractivity contribution in [3.05, 3.63) is 42.1 Å². The molecule has 2 heterocycles. The Kier molecular flexibility index (Phi) is 9.02. The number of halogens is 1. The first-order valence-electron chi connectivity index (χ1n) is 11.4. The van der Waals surface area contributed by atoms with E-state index in [2.05, 4.69) is 5.09 Å². The van der Waals surface area contributed by atoms with Crippen LogP contribution >= 0.6 is 7.75 Å². The minimum absolute atomic E-state index is 0.163. The highest BCUT2D eigenvalue weighted by molar-refractivity contribution is 7.52. The van der Waals surface area contributed by atoms with Crippen molar-refractivity contribution in [2.24, 2.45) is 0 Å². The minimum Gasteiger partial charge on any atom is -0.462 e. The molecule has 3 rings (SSSR count). The predicted octanol–water partition coefficient (Wildman–Crippen LogP) is 2.25. The van der Waals surface area contributed by atoms with Gasteiger partial charge in [0.05, 0.1) is 19.1 Å². The summed E-state index contributed by atoms with van der Waals surface area (Å²) in [5.74, 6) is -1.60. The van der Waals surface area contributed by atoms with E-state index >= 15 is 0 Å². The zero-order valence-electron chi connectivity index (χ0n) is 20.3. The number of benzene rings is 1. The topological polar surface area (TPSA) is 141 Å². The van der Waals surface area contributed by atoms with Crippen molar-refractivity contribution in [2.45, 2.75) is 70.9 Å². The van der Waals surface area contributed by atoms with Gasteiger partial charge in [0.2, 0.25) is 5.91 Å². The van der Waals surface area contributed by atoms with Crippen molar-refractivity contribution in [3.63, 3.8) is 0 Å². The smallest absolute Gasteiger partial charge is 0.459 e. The number of nitrogens with one attached hydrogen (secondary N) is 1. The first-order chi connectivity index (χ1) is 16.9. The third-order valence-corrected chi connectivity index (χ3v) is 7.02. The van der Waals surface area contributed by atoms with Crippen molar-refractivity contribution >= 4 is 25.4 Å². The van der Waals surface area contributed by atoms with E-state index in [0.29, 0.717) is 0 Å². The minimum atomic E-state index is -4.28. The first kappa shape index (κ1) is 27.9. The normalized spacial score (nSPS) is 27.0. The number of rotatable bonds is 10. The summed E-state index contributed by atoms with van der Waals surface area (Å²) >= 11 is 0. The van der Waals surface area contributed by atoms with Crippen LogP contribution in [0.2, 0.25) is 0 Å². The molecule has 1 aromatic rings. The summed E-state index contributed by atoms with van der Waals surface area (Å²) in [6, 6.07) is 6.91. The molecule has 13 heteroatoms. The molecule has 1 fully saturated rings. The van der Waals surface area contributed by atoms with Crippen LogP contribution in [0.1, 0.15) is 34.1 Å². The van der Waals surface area contributed by atoms with Crippen LogP contribution in [0.4, 0.5) is 4.39 Å². The Morgan fingerprint density at radius 1 is 1.28 bits per heavy atom. The van der Waals surface area contributed by atoms with Crippen LogP contribution in [0.5, 0.6) is 5.75 Å². The Bertz CT molecular complexity index is 1050. The molecule has 1 unspecified atom stereocenters. The number of hydrogen-bond donors (Lipinski definition) is 2. The van der Waals surface area contributed by atoms with Crippen molar-refractivity contribution in [1.29, 1.82) is 0 Å². The molecule has 0 aliphatic carbocycles. The van der Waals surface area contributed by atoms with E-state index in [9.17, 15) is 28.4 Å². The Hall–Kier alpha value is -2.63. The summed E-state index contributed by atoms with van der Waals surface area (Å²) in [6.07, 6.45) is -6.29. The molecule has 1 aromatic carbocycles. The van der Waals surface area contributed by atoms with E-state index in [1.807, 2.05) is 0 Å². The largest absolute Gasteiger partial charge is 0.462 e. The lowest BCUT2D eigenvalue weighted by molar-refractivity contribution is -0.149. The number of carbonyl (C=O) groups is 3. The third kappa shape index (κ3) is 6.77. The summed E-state index contributed by atoms with van der Waals surface area (Å²) in [5, 5.41) is 12.9. The molecular formula is C23H30FN2O9P. The number of para-hydroxylation sites is 1. The number of ether oxygens (including phenoxy) is 2. The number of amides is 1. The Morgan fingerprint density at radius 3 is 2.58 bits per heavy atom. The first-order valence-corrected chi connectivity index (χ1v) is 12.9. The van der Waals surface area contributed by atoms with Crippen LogP contribution in [0, 0.1) is 0 Å². The van der Waals surface area contributed by atoms with Crippen LogP contribution in [-0.2, 0) is 32.9 Å². The number of ketones is 1. The molecule has 6 atom stereocenters. The number of Topliss-reactive ketones (excluding diaryl/α,β-unsaturated/α-hetero) is 1. The molecule has 0 saturated carbocycles. The lowest BCUT2D eigenvalue weighted by atomic mass is 10.1. The van der Waals surface area contributed by atoms with E-state index in [1.165, 1.54) is 32.2 Å². The standard InChI is InChI=1S/C23H30FN2O9P/c1-13(2)33-23(30)15(4)25-36(31,35-16-8-6-5-7-9-16)32-12-18-21(29)20(24)22(34-18)26-11-14(3)17(27)10-19(26)28/h5-9,11,13,15,18,20-22,29H,10,12H2,1-4H3,(H,25,31)/t15-,18-,20+,21-,22-,36?/m0/s1. The quantitative estimate of drug-likeness (QED) is 0.264. The molecule has 1 amide bonds. The van der Waals surface area contributed by atoms with Gasteiger partial charge in [-0.2, -0.15) is 5.09 Å². The zero-order chi connectivity index (χ0) is 26.6. The number of esters is 1. The molecule has 0 aromatic heterocycles. The maximum atomic E-state index is 14.9. The molecule has 0 bridgehead atoms. The Balaban J connectivity index is 1.73. The monoisotopic (exact) mass is 528 g/mol. The maximum Gasteiger partial charge on any atom is 0.459 e. The summed E-state index contributed by atoms with van der Waals surface area (Å²) in [4.78, 5) is 37.2. The second-order valence-electron chi connectivity index (χ2n) is 8.75. The number of allylic oxidation sites excluding steroid dienone is 1. The molecule has 198 valence electrons. The second-order valence-corrected chi connectivity index (χ2v) is 10.4. The summed E-state index contributed by atoms with van der Waals surface area (Å²) in [7, 11) is -4.28. The van der Waals surface area contributed by atoms with Gasteiger partial charge in [-0.1, -0.05) is 18.2 Å². The molecule has 0 radical (unpaired) electrons. The second kappa shape index (κ2) is 11.6. The lowest BCUT2D eigenvalue weighted by Gasteiger charge is -2.29. The molecule has 11 nitrogen and oxygen atoms in total. The maximum absolute atomic E-state index is 14.9. The van der Waals surface area contributed by atoms with Crippen molar-refractivity contribution < 1.29 is 47.0 Å². The molecule has 2 aliphatic rings. The third-order valence-electron chi connectivity index (χ3n) is 5.38. The average molecular weight is 528 g/mol. The van der Waals surface area contributed by atoms with Crippen LogP contribution in [0.25, 0.3) is 0 Å². The van der Waals surface area contributed by atoms with Gasteiger partial charge in [0.25, 0.3) is 0 Å². The SMILES string of the molecule is CC1=CN([C@H]2O[C@@H](COP(=O)(N[C@@H](C)C(=O)OC(C)C)Oc3ccccc3)[C@H](O)[C@H]2F)C(=O)CC1=O. The van der Waals surface area contributed by atoms with Crippen molar-refractivity contribution in [3.8, 4) is 5.75 Å². The van der Waals surface area contributed by atoms with Gasteiger partial charge in [0.1, 0.15) is 24.0 Å². The van der Waals surface area contributed by atoms with E-state index in [-0.39, 0.29) is 17.1 Å². The predicted molar refractivity (Wildman–Crippen MR) is 124 cm³/mol. The van der Waals surface area contributed by atoms with Gasteiger partial charge in [-0.3, -0.25) is 23.8 Å². The molecule has 0 spiro atoms. The molecular weight excluding hydrogens is 498 g/mol. The number of alkyl halides is 1. The number of aliphatic hydroxyl groups is 1. The Labute approximate surface area is 208 Å². The number of carbonyl (C=O) groups excluding carboxylic acids is 3. The molecule has 36 heavy (non-hydrogen) atoms. The highest BCUT2D eigenvalue weighted by Gasteiger charge is 2.49. The van der Waals surface area contributed by atoms with Crippen LogP contribution in [-0.4, -0.2) is 71.0 Å². The summed E-state index contributed by atoms with van der Waals surface area (Å²) < 4.78 is 50.0. The number of aliphatic hydroxyl groups excluding tert-OH is 1. The fourth-order valence-electron chi connectivity index (χ4n) is 3.51. The van der Waals surface area contributed by atoms with Crippen molar-refractivity contribution in [1.82, 2.24) is 9.99 Å². The number of nitrogens with zero attached hydrogens (tertiary/aromatic N) is 1. The van der Waals surface area contributed by atoms with E-state index in [0.717, 1.165) is 4.90 Å². The van der Waals surface area contributed by atoms with Gasteiger partial charge in [-0.15, -0.1) is 0 Å². The van der Waals surface area contributed by atoms with Gasteiger partial charge in [0, 0.05) is 11.8 Å². The fourth-order valence-corrected chi connectivity index (χ4v) is 5.01. The van der Waals surface area contributed by atoms with Gasteiger partial charge in [-0.25, -0.2) is 8.96 Å². The lowest BCUT2D eigenvalue weighted by Crippen LogP contribution is -2.45. The highest BCUT2D eigenvalue weighted by atomic mass is 31.2. The van der Waals surface area contributed by atoms with Crippen LogP contribution in [0.3, 0.4) is 0 Å². The molecule has 1 saturated heterocycles. The summed E-state index contributed by atoms with van der Waals surface area (Å²) in [6.45, 7) is 5.59. The fraction of sp³-hybridized carbons (Fsp3) is 0.522. The number of hydrogen-bond acceptors (Lipinski definition) is 9. The van der Waals surface area contributed by atoms with Crippen LogP contribution < -0.4 is 9.61 Å². The molecule has 2 N–H and O–H groups in total. The van der Waals surface area contributed by atoms with Gasteiger partial charge in [0.15, 0.2) is 18.2 Å². The summed E-state index contributed by atoms with van der Waals surface area (Å²) in [5.41, 5.74) is 0.242. The van der Waals surface area contributed by atoms with E-state index < -0.39 is 69.4 Å². The van der Waals surface area contributed by atoms with Crippen LogP contribution in [0.15, 0.2) is 42.1 Å². The van der Waals surface area contributed by atoms with Gasteiger partial charge < -0.3 is 19.1 Å². The van der Waals surface area contributed by atoms with Gasteiger partial charge in [-0.05, 0) is 39.8 Å². The average Bonchev–Trinajstić information content (AvgIpc) is 3.08. The molecule has 2 aliphatic heterocycles. The van der Waals surface area contributed by atoms with Gasteiger partial charge >= 0.3 is 13.7 Å². The highest BCUT2D eigenvalue weighted by Crippen LogP contribution is 2.46. The Morgan fingerprint density at radius 2 is 1.94 bits per heavy atom. The zero-order valence-corrected chi connectivity index (χ0v) is 21.2. The van der Waals surface area contributed by atoms with E-state index in [4.69, 9.17) is 18.5 Å².